The van der Waals surface area contributed by atoms with Gasteiger partial charge in [0.15, 0.2) is 0 Å². The number of nitrogens with two attached hydrogens (primary N) is 1. The number of nitrogens with zero attached hydrogens (tertiary/aromatic N) is 1. The van der Waals surface area contributed by atoms with Crippen LogP contribution < -0.4 is 21.7 Å². The third-order valence-corrected chi connectivity index (χ3v) is 5.23. The van der Waals surface area contributed by atoms with Crippen LogP contribution in [0.25, 0.3) is 21.3 Å². The first kappa shape index (κ1) is 17.9. The molecule has 0 radical (unpaired) electrons. The van der Waals surface area contributed by atoms with Gasteiger partial charge < -0.3 is 10.5 Å². The molecule has 1 aromatic carbocycles. The van der Waals surface area contributed by atoms with E-state index in [1.165, 1.54) is 11.3 Å². The number of thiophene rings is 1. The lowest BCUT2D eigenvalue weighted by atomic mass is 10.0. The summed E-state index contributed by atoms with van der Waals surface area (Å²) in [5.41, 5.74) is 6.62. The highest BCUT2D eigenvalue weighted by Gasteiger charge is 2.23. The Labute approximate surface area is 153 Å². The first-order valence-electron chi connectivity index (χ1n) is 8.09. The van der Waals surface area contributed by atoms with Gasteiger partial charge in [0.1, 0.15) is 16.6 Å². The molecule has 1 amide bonds. The number of benzene rings is 1. The normalized spacial score (nSPS) is 12.3. The molecule has 0 saturated heterocycles. The van der Waals surface area contributed by atoms with E-state index in [0.717, 1.165) is 15.7 Å². The molecule has 0 aliphatic carbocycles. The van der Waals surface area contributed by atoms with Gasteiger partial charge in [0.2, 0.25) is 5.91 Å². The fourth-order valence-corrected chi connectivity index (χ4v) is 4.00. The van der Waals surface area contributed by atoms with Crippen molar-refractivity contribution in [1.29, 1.82) is 0 Å². The van der Waals surface area contributed by atoms with Crippen LogP contribution in [0.5, 0.6) is 5.75 Å². The van der Waals surface area contributed by atoms with Crippen LogP contribution in [0.2, 0.25) is 0 Å². The van der Waals surface area contributed by atoms with Crippen molar-refractivity contribution < 1.29 is 9.53 Å². The maximum atomic E-state index is 13.1. The number of amides is 1. The second-order valence-corrected chi connectivity index (χ2v) is 6.87. The molecule has 0 bridgehead atoms. The molecule has 3 N–H and O–H groups in total. The highest BCUT2D eigenvalue weighted by atomic mass is 32.1. The third kappa shape index (κ3) is 2.82. The van der Waals surface area contributed by atoms with E-state index < -0.39 is 23.2 Å². The van der Waals surface area contributed by atoms with Crippen LogP contribution in [0, 0.1) is 6.92 Å². The minimum absolute atomic E-state index is 0.247. The van der Waals surface area contributed by atoms with E-state index in [4.69, 9.17) is 10.5 Å². The van der Waals surface area contributed by atoms with Crippen LogP contribution in [0.3, 0.4) is 0 Å². The maximum Gasteiger partial charge on any atom is 0.330 e. The van der Waals surface area contributed by atoms with Crippen molar-refractivity contribution in [3.05, 3.63) is 50.0 Å². The summed E-state index contributed by atoms with van der Waals surface area (Å²) in [6, 6.07) is 4.66. The molecular weight excluding hydrogens is 354 g/mol. The van der Waals surface area contributed by atoms with Crippen molar-refractivity contribution >= 4 is 27.5 Å². The Bertz CT molecular complexity index is 1110. The second-order valence-electron chi connectivity index (χ2n) is 5.99. The van der Waals surface area contributed by atoms with Gasteiger partial charge in [-0.1, -0.05) is 18.6 Å². The quantitative estimate of drug-likeness (QED) is 0.714. The number of primary amides is 1. The molecule has 8 heteroatoms. The molecule has 1 atom stereocenters. The number of hydrogen-bond donors (Lipinski definition) is 2. The van der Waals surface area contributed by atoms with E-state index in [2.05, 4.69) is 4.98 Å². The standard InChI is InChI=1S/C18H19N3O4S/c1-4-12(15(19)22)21-17(23)14-11(8-26-16(14)20-18(21)24)10-7-9(2)5-6-13(10)25-3/h5-8,12H,4H2,1-3H3,(H2,19,22)(H,20,24). The summed E-state index contributed by atoms with van der Waals surface area (Å²) in [5.74, 6) is -0.0984. The number of aromatic amines is 1. The van der Waals surface area contributed by atoms with Gasteiger partial charge in [-0.25, -0.2) is 9.36 Å². The number of fused-ring (bicyclic) bond motifs is 1. The van der Waals surface area contributed by atoms with Crippen molar-refractivity contribution in [3.8, 4) is 16.9 Å². The molecule has 1 unspecified atom stereocenters. The predicted molar refractivity (Wildman–Crippen MR) is 102 cm³/mol. The van der Waals surface area contributed by atoms with Crippen LogP contribution in [0.1, 0.15) is 24.9 Å². The monoisotopic (exact) mass is 373 g/mol. The van der Waals surface area contributed by atoms with Crippen molar-refractivity contribution in [2.75, 3.05) is 7.11 Å². The summed E-state index contributed by atoms with van der Waals surface area (Å²) in [6.07, 6.45) is 0.247. The second kappa shape index (κ2) is 6.80. The van der Waals surface area contributed by atoms with Gasteiger partial charge in [-0.05, 0) is 25.5 Å². The third-order valence-electron chi connectivity index (χ3n) is 4.33. The van der Waals surface area contributed by atoms with Crippen LogP contribution in [0.15, 0.2) is 33.2 Å². The Morgan fingerprint density at radius 1 is 1.35 bits per heavy atom. The fourth-order valence-electron chi connectivity index (χ4n) is 3.06. The summed E-state index contributed by atoms with van der Waals surface area (Å²) in [7, 11) is 1.56. The van der Waals surface area contributed by atoms with Crippen molar-refractivity contribution in [2.24, 2.45) is 5.73 Å². The Balaban J connectivity index is 2.38. The molecule has 0 saturated carbocycles. The summed E-state index contributed by atoms with van der Waals surface area (Å²) in [6.45, 7) is 3.64. The predicted octanol–water partition coefficient (Wildman–Crippen LogP) is 2.17. The number of carbonyl (C=O) groups excluding carboxylic acids is 1. The Morgan fingerprint density at radius 3 is 2.69 bits per heavy atom. The van der Waals surface area contributed by atoms with Gasteiger partial charge in [-0.3, -0.25) is 14.6 Å². The number of H-pyrrole nitrogens is 1. The smallest absolute Gasteiger partial charge is 0.330 e. The summed E-state index contributed by atoms with van der Waals surface area (Å²) >= 11 is 1.26. The zero-order valence-corrected chi connectivity index (χ0v) is 15.5. The van der Waals surface area contributed by atoms with E-state index in [-0.39, 0.29) is 6.42 Å². The van der Waals surface area contributed by atoms with Crippen LogP contribution >= 0.6 is 11.3 Å². The highest BCUT2D eigenvalue weighted by molar-refractivity contribution is 7.17. The van der Waals surface area contributed by atoms with Gasteiger partial charge in [-0.2, -0.15) is 0 Å². The average molecular weight is 373 g/mol. The lowest BCUT2D eigenvalue weighted by Crippen LogP contribution is -2.42. The van der Waals surface area contributed by atoms with E-state index >= 15 is 0 Å². The Hall–Kier alpha value is -2.87. The molecule has 3 aromatic rings. The van der Waals surface area contributed by atoms with E-state index in [1.807, 2.05) is 25.1 Å². The number of rotatable bonds is 5. The van der Waals surface area contributed by atoms with Gasteiger partial charge >= 0.3 is 5.69 Å². The van der Waals surface area contributed by atoms with Crippen LogP contribution in [0.4, 0.5) is 0 Å². The first-order chi connectivity index (χ1) is 12.4. The van der Waals surface area contributed by atoms with Crippen LogP contribution in [-0.4, -0.2) is 22.6 Å². The summed E-state index contributed by atoms with van der Waals surface area (Å²) in [4.78, 5) is 40.3. The molecule has 2 heterocycles. The number of hydrogen-bond acceptors (Lipinski definition) is 5. The van der Waals surface area contributed by atoms with Crippen molar-refractivity contribution in [3.63, 3.8) is 0 Å². The number of nitrogens with one attached hydrogen (secondary N) is 1. The minimum Gasteiger partial charge on any atom is -0.496 e. The Kier molecular flexibility index (Phi) is 4.69. The number of ether oxygens (including phenoxy) is 1. The maximum absolute atomic E-state index is 13.1. The zero-order valence-electron chi connectivity index (χ0n) is 14.7. The molecular formula is C18H19N3O4S. The van der Waals surface area contributed by atoms with Gasteiger partial charge in [0.05, 0.1) is 12.5 Å². The molecule has 26 heavy (non-hydrogen) atoms. The Morgan fingerprint density at radius 2 is 2.08 bits per heavy atom. The SMILES string of the molecule is CCC(C(N)=O)n1c(=O)[nH]c2scc(-c3cc(C)ccc3OC)c2c1=O. The molecule has 0 fully saturated rings. The van der Waals surface area contributed by atoms with Crippen molar-refractivity contribution in [2.45, 2.75) is 26.3 Å². The summed E-state index contributed by atoms with van der Waals surface area (Å²) in [5, 5.41) is 2.15. The molecule has 0 aliphatic rings. The molecule has 0 spiro atoms. The van der Waals surface area contributed by atoms with E-state index in [1.54, 1.807) is 19.4 Å². The van der Waals surface area contributed by atoms with Crippen LogP contribution in [-0.2, 0) is 4.79 Å². The molecule has 2 aromatic heterocycles. The first-order valence-corrected chi connectivity index (χ1v) is 8.97. The number of aromatic nitrogens is 2. The molecule has 136 valence electrons. The zero-order chi connectivity index (χ0) is 19.0. The summed E-state index contributed by atoms with van der Waals surface area (Å²) < 4.78 is 6.33. The topological polar surface area (TPSA) is 107 Å². The van der Waals surface area contributed by atoms with Gasteiger partial charge in [0.25, 0.3) is 5.56 Å². The van der Waals surface area contributed by atoms with Crippen molar-refractivity contribution in [1.82, 2.24) is 9.55 Å². The fraction of sp³-hybridized carbons (Fsp3) is 0.278. The lowest BCUT2D eigenvalue weighted by molar-refractivity contribution is -0.121. The van der Waals surface area contributed by atoms with Gasteiger partial charge in [0, 0.05) is 16.5 Å². The van der Waals surface area contributed by atoms with E-state index in [9.17, 15) is 14.4 Å². The largest absolute Gasteiger partial charge is 0.496 e. The van der Waals surface area contributed by atoms with E-state index in [0.29, 0.717) is 21.5 Å². The number of carbonyl (C=O) groups is 1. The molecule has 7 nitrogen and oxygen atoms in total. The minimum atomic E-state index is -0.997. The lowest BCUT2D eigenvalue weighted by Gasteiger charge is -2.14. The van der Waals surface area contributed by atoms with Gasteiger partial charge in [-0.15, -0.1) is 11.3 Å². The number of methoxy groups -OCH3 is 1. The molecule has 0 aliphatic heterocycles. The molecule has 3 rings (SSSR count). The highest BCUT2D eigenvalue weighted by Crippen LogP contribution is 2.36. The number of aryl methyl sites for hydroxylation is 1. The average Bonchev–Trinajstić information content (AvgIpc) is 3.01.